The molecule has 1 heterocycles. The molecule has 0 atom stereocenters. The van der Waals surface area contributed by atoms with Crippen molar-refractivity contribution in [3.05, 3.63) is 61.9 Å². The normalized spacial score (nSPS) is 10.4. The summed E-state index contributed by atoms with van der Waals surface area (Å²) in [6.45, 7) is 3.61. The van der Waals surface area contributed by atoms with Crippen LogP contribution in [0.5, 0.6) is 0 Å². The molecule has 0 saturated carbocycles. The molecule has 0 aliphatic carbocycles. The molecule has 0 spiro atoms. The molecule has 19 heavy (non-hydrogen) atoms. The van der Waals surface area contributed by atoms with E-state index in [0.717, 1.165) is 21.9 Å². The standard InChI is InChI=1S/C13H12N2O4/c1-7-4-3-5-10(8(7)2)15-11(16)9(12(17)18)6-14-13(15)19/h3-6H,1-2H3,(H,14,19)(H,17,18). The van der Waals surface area contributed by atoms with Gasteiger partial charge in [-0.05, 0) is 31.0 Å². The van der Waals surface area contributed by atoms with E-state index in [-0.39, 0.29) is 0 Å². The Bertz CT molecular complexity index is 771. The van der Waals surface area contributed by atoms with Crippen molar-refractivity contribution in [1.82, 2.24) is 9.55 Å². The Kier molecular flexibility index (Phi) is 3.08. The molecule has 0 saturated heterocycles. The summed E-state index contributed by atoms with van der Waals surface area (Å²) in [6.07, 6.45) is 0.911. The van der Waals surface area contributed by atoms with Gasteiger partial charge in [0.1, 0.15) is 5.56 Å². The van der Waals surface area contributed by atoms with Crippen LogP contribution in [-0.4, -0.2) is 20.6 Å². The van der Waals surface area contributed by atoms with Gasteiger partial charge in [-0.15, -0.1) is 0 Å². The second-order valence-electron chi connectivity index (χ2n) is 4.17. The molecule has 2 rings (SSSR count). The summed E-state index contributed by atoms with van der Waals surface area (Å²) in [5, 5.41) is 8.92. The predicted octanol–water partition coefficient (Wildman–Crippen LogP) is 0.841. The van der Waals surface area contributed by atoms with E-state index in [9.17, 15) is 14.4 Å². The number of hydrogen-bond donors (Lipinski definition) is 2. The van der Waals surface area contributed by atoms with Gasteiger partial charge >= 0.3 is 11.7 Å². The van der Waals surface area contributed by atoms with Crippen LogP contribution in [0, 0.1) is 13.8 Å². The molecule has 0 aliphatic heterocycles. The number of hydrogen-bond acceptors (Lipinski definition) is 3. The highest BCUT2D eigenvalue weighted by molar-refractivity contribution is 5.86. The highest BCUT2D eigenvalue weighted by atomic mass is 16.4. The second-order valence-corrected chi connectivity index (χ2v) is 4.17. The molecular weight excluding hydrogens is 248 g/mol. The van der Waals surface area contributed by atoms with Crippen LogP contribution in [0.1, 0.15) is 21.5 Å². The number of carbonyl (C=O) groups is 1. The van der Waals surface area contributed by atoms with Crippen LogP contribution >= 0.6 is 0 Å². The van der Waals surface area contributed by atoms with Gasteiger partial charge in [-0.1, -0.05) is 12.1 Å². The molecule has 2 aromatic rings. The summed E-state index contributed by atoms with van der Waals surface area (Å²) in [4.78, 5) is 37.0. The Morgan fingerprint density at radius 3 is 2.58 bits per heavy atom. The van der Waals surface area contributed by atoms with Crippen molar-refractivity contribution >= 4 is 5.97 Å². The first kappa shape index (κ1) is 12.8. The minimum atomic E-state index is -1.37. The Balaban J connectivity index is 2.87. The van der Waals surface area contributed by atoms with Crippen LogP contribution in [0.25, 0.3) is 5.69 Å². The third-order valence-electron chi connectivity index (χ3n) is 3.02. The third-order valence-corrected chi connectivity index (χ3v) is 3.02. The number of nitrogens with one attached hydrogen (secondary N) is 1. The lowest BCUT2D eigenvalue weighted by molar-refractivity contribution is 0.0694. The molecule has 0 unspecified atom stereocenters. The van der Waals surface area contributed by atoms with E-state index >= 15 is 0 Å². The van der Waals surface area contributed by atoms with Crippen LogP contribution < -0.4 is 11.2 Å². The first-order valence-corrected chi connectivity index (χ1v) is 5.58. The molecule has 2 N–H and O–H groups in total. The van der Waals surface area contributed by atoms with Gasteiger partial charge in [0.2, 0.25) is 0 Å². The number of H-pyrrole nitrogens is 1. The van der Waals surface area contributed by atoms with E-state index in [2.05, 4.69) is 4.98 Å². The maximum Gasteiger partial charge on any atom is 0.342 e. The fraction of sp³-hybridized carbons (Fsp3) is 0.154. The Morgan fingerprint density at radius 1 is 1.26 bits per heavy atom. The summed E-state index contributed by atoms with van der Waals surface area (Å²) in [6, 6.07) is 5.15. The lowest BCUT2D eigenvalue weighted by atomic mass is 10.1. The van der Waals surface area contributed by atoms with E-state index in [1.165, 1.54) is 0 Å². The number of aryl methyl sites for hydroxylation is 1. The van der Waals surface area contributed by atoms with Gasteiger partial charge in [0.25, 0.3) is 5.56 Å². The van der Waals surface area contributed by atoms with Crippen molar-refractivity contribution in [2.24, 2.45) is 0 Å². The Morgan fingerprint density at radius 2 is 1.95 bits per heavy atom. The number of aromatic amines is 1. The van der Waals surface area contributed by atoms with Crippen LogP contribution in [0.4, 0.5) is 0 Å². The summed E-state index contributed by atoms with van der Waals surface area (Å²) in [5.74, 6) is -1.37. The number of rotatable bonds is 2. The van der Waals surface area contributed by atoms with Crippen LogP contribution in [0.15, 0.2) is 34.0 Å². The number of carboxylic acids is 1. The molecule has 6 nitrogen and oxygen atoms in total. The molecular formula is C13H12N2O4. The third kappa shape index (κ3) is 2.08. The molecule has 0 aliphatic rings. The van der Waals surface area contributed by atoms with Crippen molar-refractivity contribution in [1.29, 1.82) is 0 Å². The zero-order chi connectivity index (χ0) is 14.2. The molecule has 98 valence electrons. The van der Waals surface area contributed by atoms with Gasteiger partial charge < -0.3 is 10.1 Å². The molecule has 0 bridgehead atoms. The highest BCUT2D eigenvalue weighted by Gasteiger charge is 2.15. The molecule has 6 heteroatoms. The van der Waals surface area contributed by atoms with E-state index in [4.69, 9.17) is 5.11 Å². The van der Waals surface area contributed by atoms with E-state index in [1.54, 1.807) is 19.1 Å². The van der Waals surface area contributed by atoms with Gasteiger partial charge in [0.15, 0.2) is 0 Å². The number of benzene rings is 1. The molecule has 1 aromatic carbocycles. The van der Waals surface area contributed by atoms with Gasteiger partial charge in [0, 0.05) is 6.20 Å². The predicted molar refractivity (Wildman–Crippen MR) is 69.1 cm³/mol. The fourth-order valence-electron chi connectivity index (χ4n) is 1.82. The molecule has 0 fully saturated rings. The van der Waals surface area contributed by atoms with Crippen LogP contribution in [0.2, 0.25) is 0 Å². The quantitative estimate of drug-likeness (QED) is 0.836. The van der Waals surface area contributed by atoms with E-state index in [0.29, 0.717) is 5.69 Å². The van der Waals surface area contributed by atoms with E-state index < -0.39 is 22.8 Å². The van der Waals surface area contributed by atoms with Gasteiger partial charge in [-0.3, -0.25) is 4.79 Å². The summed E-state index contributed by atoms with van der Waals surface area (Å²) >= 11 is 0. The van der Waals surface area contributed by atoms with E-state index in [1.807, 2.05) is 13.0 Å². The lowest BCUT2D eigenvalue weighted by Gasteiger charge is -2.10. The smallest absolute Gasteiger partial charge is 0.342 e. The topological polar surface area (TPSA) is 92.2 Å². The summed E-state index contributed by atoms with van der Waals surface area (Å²) < 4.78 is 0.839. The summed E-state index contributed by atoms with van der Waals surface area (Å²) in [5.41, 5.74) is 0.0608. The largest absolute Gasteiger partial charge is 0.477 e. The molecule has 0 radical (unpaired) electrons. The highest BCUT2D eigenvalue weighted by Crippen LogP contribution is 2.14. The van der Waals surface area contributed by atoms with Crippen molar-refractivity contribution in [3.63, 3.8) is 0 Å². The van der Waals surface area contributed by atoms with Crippen molar-refractivity contribution in [3.8, 4) is 5.69 Å². The first-order chi connectivity index (χ1) is 8.93. The lowest BCUT2D eigenvalue weighted by Crippen LogP contribution is -2.37. The van der Waals surface area contributed by atoms with Gasteiger partial charge in [-0.25, -0.2) is 14.2 Å². The zero-order valence-corrected chi connectivity index (χ0v) is 10.4. The average molecular weight is 260 g/mol. The number of carboxylic acid groups (broad SMARTS) is 1. The molecule has 0 amide bonds. The minimum Gasteiger partial charge on any atom is -0.477 e. The minimum absolute atomic E-state index is 0.384. The fourth-order valence-corrected chi connectivity index (χ4v) is 1.82. The number of nitrogens with zero attached hydrogens (tertiary/aromatic N) is 1. The van der Waals surface area contributed by atoms with Crippen molar-refractivity contribution in [2.45, 2.75) is 13.8 Å². The van der Waals surface area contributed by atoms with Crippen molar-refractivity contribution < 1.29 is 9.90 Å². The van der Waals surface area contributed by atoms with Gasteiger partial charge in [0.05, 0.1) is 5.69 Å². The zero-order valence-electron chi connectivity index (χ0n) is 10.4. The molecule has 1 aromatic heterocycles. The monoisotopic (exact) mass is 260 g/mol. The first-order valence-electron chi connectivity index (χ1n) is 5.58. The Hall–Kier alpha value is -2.63. The average Bonchev–Trinajstić information content (AvgIpc) is 2.34. The SMILES string of the molecule is Cc1cccc(-n2c(=O)[nH]cc(C(=O)O)c2=O)c1C. The van der Waals surface area contributed by atoms with Crippen LogP contribution in [0.3, 0.4) is 0 Å². The van der Waals surface area contributed by atoms with Gasteiger partial charge in [-0.2, -0.15) is 0 Å². The van der Waals surface area contributed by atoms with Crippen molar-refractivity contribution in [2.75, 3.05) is 0 Å². The number of aromatic carboxylic acids is 1. The van der Waals surface area contributed by atoms with Crippen LogP contribution in [-0.2, 0) is 0 Å². The maximum absolute atomic E-state index is 12.1. The maximum atomic E-state index is 12.1. The summed E-state index contributed by atoms with van der Waals surface area (Å²) in [7, 11) is 0. The second kappa shape index (κ2) is 4.56. The number of aromatic nitrogens is 2. The Labute approximate surface area is 108 Å².